The molecule has 0 aliphatic carbocycles. The van der Waals surface area contributed by atoms with E-state index in [-0.39, 0.29) is 0 Å². The molecule has 0 spiro atoms. The van der Waals surface area contributed by atoms with Crippen LogP contribution in [-0.4, -0.2) is 40.8 Å². The third kappa shape index (κ3) is 3.54. The molecular weight excluding hydrogens is 280 g/mol. The summed E-state index contributed by atoms with van der Waals surface area (Å²) in [6.07, 6.45) is 3.26. The zero-order valence-corrected chi connectivity index (χ0v) is 13.6. The standard InChI is InChI=1S/C16H24N4S/c1-12(2)20-6-5-13(11-20)8-17-9-14-10-18-19-16(14)15-4-3-7-21-15/h3-4,7,10,12-13,17H,5-6,8-9,11H2,1-2H3,(H,18,19). The molecule has 3 heterocycles. The molecule has 0 saturated carbocycles. The average Bonchev–Trinajstić information content (AvgIpc) is 3.20. The predicted octanol–water partition coefficient (Wildman–Crippen LogP) is 2.96. The Morgan fingerprint density at radius 3 is 3.14 bits per heavy atom. The Balaban J connectivity index is 1.50. The van der Waals surface area contributed by atoms with Crippen molar-refractivity contribution in [1.29, 1.82) is 0 Å². The Labute approximate surface area is 130 Å². The van der Waals surface area contributed by atoms with Gasteiger partial charge >= 0.3 is 0 Å². The zero-order chi connectivity index (χ0) is 14.7. The number of hydrogen-bond acceptors (Lipinski definition) is 4. The third-order valence-electron chi connectivity index (χ3n) is 4.28. The molecule has 3 rings (SSSR count). The van der Waals surface area contributed by atoms with Crippen molar-refractivity contribution in [3.63, 3.8) is 0 Å². The van der Waals surface area contributed by atoms with E-state index in [0.29, 0.717) is 6.04 Å². The van der Waals surface area contributed by atoms with Crippen LogP contribution < -0.4 is 5.32 Å². The highest BCUT2D eigenvalue weighted by atomic mass is 32.1. The molecule has 1 atom stereocenters. The van der Waals surface area contributed by atoms with Crippen molar-refractivity contribution in [2.75, 3.05) is 19.6 Å². The van der Waals surface area contributed by atoms with Gasteiger partial charge < -0.3 is 10.2 Å². The third-order valence-corrected chi connectivity index (χ3v) is 5.17. The van der Waals surface area contributed by atoms with Crippen molar-refractivity contribution in [3.05, 3.63) is 29.3 Å². The van der Waals surface area contributed by atoms with Gasteiger partial charge in [0.2, 0.25) is 0 Å². The summed E-state index contributed by atoms with van der Waals surface area (Å²) in [5.74, 6) is 0.782. The van der Waals surface area contributed by atoms with Crippen molar-refractivity contribution >= 4 is 11.3 Å². The lowest BCUT2D eigenvalue weighted by atomic mass is 10.1. The van der Waals surface area contributed by atoms with Gasteiger partial charge in [-0.2, -0.15) is 5.10 Å². The molecule has 1 aliphatic rings. The van der Waals surface area contributed by atoms with E-state index < -0.39 is 0 Å². The van der Waals surface area contributed by atoms with Gasteiger partial charge in [-0.05, 0) is 50.7 Å². The Bertz CT molecular complexity index is 546. The smallest absolute Gasteiger partial charge is 0.0794 e. The van der Waals surface area contributed by atoms with Crippen LogP contribution in [0.15, 0.2) is 23.7 Å². The Morgan fingerprint density at radius 2 is 2.43 bits per heavy atom. The zero-order valence-electron chi connectivity index (χ0n) is 12.8. The highest BCUT2D eigenvalue weighted by Gasteiger charge is 2.23. The van der Waals surface area contributed by atoms with Gasteiger partial charge in [0, 0.05) is 24.7 Å². The highest BCUT2D eigenvalue weighted by Crippen LogP contribution is 2.25. The fourth-order valence-corrected chi connectivity index (χ4v) is 3.74. The molecule has 21 heavy (non-hydrogen) atoms. The molecule has 2 N–H and O–H groups in total. The number of hydrogen-bond donors (Lipinski definition) is 2. The van der Waals surface area contributed by atoms with Gasteiger partial charge in [-0.15, -0.1) is 11.3 Å². The maximum absolute atomic E-state index is 4.20. The molecule has 1 unspecified atom stereocenters. The number of nitrogens with one attached hydrogen (secondary N) is 2. The minimum Gasteiger partial charge on any atom is -0.312 e. The highest BCUT2D eigenvalue weighted by molar-refractivity contribution is 7.13. The van der Waals surface area contributed by atoms with Crippen LogP contribution >= 0.6 is 11.3 Å². The number of likely N-dealkylation sites (tertiary alicyclic amines) is 1. The maximum atomic E-state index is 4.20. The number of aromatic amines is 1. The first-order chi connectivity index (χ1) is 10.2. The van der Waals surface area contributed by atoms with Crippen molar-refractivity contribution in [2.24, 2.45) is 5.92 Å². The first kappa shape index (κ1) is 14.8. The van der Waals surface area contributed by atoms with Crippen LogP contribution in [0.4, 0.5) is 0 Å². The summed E-state index contributed by atoms with van der Waals surface area (Å²) in [6, 6.07) is 4.89. The fourth-order valence-electron chi connectivity index (χ4n) is 2.99. The minimum atomic E-state index is 0.675. The van der Waals surface area contributed by atoms with Crippen LogP contribution in [0.1, 0.15) is 25.8 Å². The molecule has 0 aromatic carbocycles. The molecule has 0 bridgehead atoms. The summed E-state index contributed by atoms with van der Waals surface area (Å²) >= 11 is 1.75. The first-order valence-corrected chi connectivity index (χ1v) is 8.63. The van der Waals surface area contributed by atoms with Gasteiger partial charge in [0.25, 0.3) is 0 Å². The Morgan fingerprint density at radius 1 is 1.52 bits per heavy atom. The quantitative estimate of drug-likeness (QED) is 0.862. The summed E-state index contributed by atoms with van der Waals surface area (Å²) in [4.78, 5) is 3.83. The normalized spacial score (nSPS) is 19.7. The van der Waals surface area contributed by atoms with E-state index in [1.807, 2.05) is 6.20 Å². The molecule has 0 amide bonds. The molecule has 1 aliphatic heterocycles. The number of nitrogens with zero attached hydrogens (tertiary/aromatic N) is 2. The molecule has 1 fully saturated rings. The molecule has 5 heteroatoms. The molecule has 0 radical (unpaired) electrons. The van der Waals surface area contributed by atoms with Gasteiger partial charge in [-0.25, -0.2) is 0 Å². The van der Waals surface area contributed by atoms with Crippen LogP contribution in [0.2, 0.25) is 0 Å². The largest absolute Gasteiger partial charge is 0.312 e. The molecular formula is C16H24N4S. The summed E-state index contributed by atoms with van der Waals surface area (Å²) in [7, 11) is 0. The van der Waals surface area contributed by atoms with Crippen molar-refractivity contribution in [2.45, 2.75) is 32.9 Å². The topological polar surface area (TPSA) is 44.0 Å². The lowest BCUT2D eigenvalue weighted by Gasteiger charge is -2.20. The summed E-state index contributed by atoms with van der Waals surface area (Å²) < 4.78 is 0. The lowest BCUT2D eigenvalue weighted by molar-refractivity contribution is 0.264. The van der Waals surface area contributed by atoms with Crippen LogP contribution in [0.25, 0.3) is 10.6 Å². The van der Waals surface area contributed by atoms with Crippen molar-refractivity contribution < 1.29 is 0 Å². The average molecular weight is 304 g/mol. The SMILES string of the molecule is CC(C)N1CCC(CNCc2cn[nH]c2-c2cccs2)C1. The van der Waals surface area contributed by atoms with Gasteiger partial charge in [0.15, 0.2) is 0 Å². The molecule has 1 saturated heterocycles. The minimum absolute atomic E-state index is 0.675. The van der Waals surface area contributed by atoms with Gasteiger partial charge in [0.05, 0.1) is 16.8 Å². The molecule has 2 aromatic rings. The van der Waals surface area contributed by atoms with Gasteiger partial charge in [-0.3, -0.25) is 5.10 Å². The lowest BCUT2D eigenvalue weighted by Crippen LogP contribution is -2.30. The van der Waals surface area contributed by atoms with Crippen molar-refractivity contribution in [1.82, 2.24) is 20.4 Å². The summed E-state index contributed by atoms with van der Waals surface area (Å²) in [5, 5.41) is 13.0. The molecule has 2 aromatic heterocycles. The second-order valence-electron chi connectivity index (χ2n) is 6.12. The second-order valence-corrected chi connectivity index (χ2v) is 7.07. The van der Waals surface area contributed by atoms with Gasteiger partial charge in [0.1, 0.15) is 0 Å². The summed E-state index contributed by atoms with van der Waals surface area (Å²) in [6.45, 7) is 9.04. The van der Waals surface area contributed by atoms with Gasteiger partial charge in [-0.1, -0.05) is 6.07 Å². The van der Waals surface area contributed by atoms with E-state index in [1.165, 1.54) is 30.0 Å². The van der Waals surface area contributed by atoms with Crippen molar-refractivity contribution in [3.8, 4) is 10.6 Å². The van der Waals surface area contributed by atoms with E-state index in [1.54, 1.807) is 11.3 Å². The van der Waals surface area contributed by atoms with E-state index in [0.717, 1.165) is 24.7 Å². The maximum Gasteiger partial charge on any atom is 0.0794 e. The second kappa shape index (κ2) is 6.73. The molecule has 4 nitrogen and oxygen atoms in total. The summed E-state index contributed by atoms with van der Waals surface area (Å²) in [5.41, 5.74) is 2.42. The van der Waals surface area contributed by atoms with Crippen LogP contribution in [-0.2, 0) is 6.54 Å². The number of thiophene rings is 1. The van der Waals surface area contributed by atoms with Crippen LogP contribution in [0, 0.1) is 5.92 Å². The first-order valence-electron chi connectivity index (χ1n) is 7.75. The van der Waals surface area contributed by atoms with Crippen LogP contribution in [0.3, 0.4) is 0 Å². The number of rotatable bonds is 6. The monoisotopic (exact) mass is 304 g/mol. The Kier molecular flexibility index (Phi) is 4.73. The van der Waals surface area contributed by atoms with E-state index in [9.17, 15) is 0 Å². The van der Waals surface area contributed by atoms with E-state index in [2.05, 4.69) is 51.8 Å². The van der Waals surface area contributed by atoms with E-state index >= 15 is 0 Å². The van der Waals surface area contributed by atoms with E-state index in [4.69, 9.17) is 0 Å². The Hall–Kier alpha value is -1.17. The fraction of sp³-hybridized carbons (Fsp3) is 0.562. The van der Waals surface area contributed by atoms with Crippen LogP contribution in [0.5, 0.6) is 0 Å². The number of H-pyrrole nitrogens is 1. The predicted molar refractivity (Wildman–Crippen MR) is 88.4 cm³/mol. The number of aromatic nitrogens is 2. The molecule has 114 valence electrons.